The fraction of sp³-hybridized carbons (Fsp3) is 0.462. The minimum absolute atomic E-state index is 0.260. The lowest BCUT2D eigenvalue weighted by molar-refractivity contribution is 0.125. The van der Waals surface area contributed by atoms with Crippen molar-refractivity contribution in [1.82, 2.24) is 5.32 Å². The molecule has 0 radical (unpaired) electrons. The van der Waals surface area contributed by atoms with Crippen LogP contribution in [0, 0.1) is 5.92 Å². The van der Waals surface area contributed by atoms with Crippen LogP contribution >= 0.6 is 12.2 Å². The topological polar surface area (TPSA) is 32.3 Å². The number of benzene rings is 1. The Morgan fingerprint density at radius 3 is 2.56 bits per heavy atom. The van der Waals surface area contributed by atoms with Crippen LogP contribution in [0.4, 0.5) is 0 Å². The molecule has 0 heterocycles. The van der Waals surface area contributed by atoms with Gasteiger partial charge in [-0.05, 0) is 17.9 Å². The molecule has 1 unspecified atom stereocenters. The minimum Gasteiger partial charge on any atom is -0.393 e. The summed E-state index contributed by atoms with van der Waals surface area (Å²) < 4.78 is 0. The van der Waals surface area contributed by atoms with E-state index in [0.29, 0.717) is 6.42 Å². The van der Waals surface area contributed by atoms with Crippen LogP contribution in [-0.2, 0) is 6.42 Å². The zero-order valence-corrected chi connectivity index (χ0v) is 10.8. The first-order chi connectivity index (χ1) is 7.56. The molecule has 1 rings (SSSR count). The fourth-order valence-corrected chi connectivity index (χ4v) is 1.71. The highest BCUT2D eigenvalue weighted by molar-refractivity contribution is 7.80. The third-order valence-corrected chi connectivity index (χ3v) is 3.11. The zero-order valence-electron chi connectivity index (χ0n) is 10.0. The maximum absolute atomic E-state index is 9.90. The number of aliphatic hydroxyl groups excluding tert-OH is 1. The third-order valence-electron chi connectivity index (χ3n) is 2.69. The first kappa shape index (κ1) is 13.1. The normalized spacial score (nSPS) is 12.6. The van der Waals surface area contributed by atoms with Crippen LogP contribution in [0.2, 0.25) is 0 Å². The lowest BCUT2D eigenvalue weighted by atomic mass is 9.96. The molecule has 0 spiro atoms. The molecule has 16 heavy (non-hydrogen) atoms. The molecule has 1 aromatic rings. The first-order valence-corrected chi connectivity index (χ1v) is 5.95. The van der Waals surface area contributed by atoms with Gasteiger partial charge in [0.1, 0.15) is 4.99 Å². The standard InChI is InChI=1S/C13H19NOS/c1-9(2)12(15)8-10-6-4-5-7-11(10)13(16)14-3/h4-7,9,12,15H,8H2,1-3H3,(H,14,16). The quantitative estimate of drug-likeness (QED) is 0.787. The molecule has 1 atom stereocenters. The van der Waals surface area contributed by atoms with Crippen molar-refractivity contribution in [3.63, 3.8) is 0 Å². The smallest absolute Gasteiger partial charge is 0.106 e. The molecule has 0 bridgehead atoms. The monoisotopic (exact) mass is 237 g/mol. The number of rotatable bonds is 4. The maximum Gasteiger partial charge on any atom is 0.106 e. The summed E-state index contributed by atoms with van der Waals surface area (Å²) in [7, 11) is 1.82. The largest absolute Gasteiger partial charge is 0.393 e. The van der Waals surface area contributed by atoms with E-state index >= 15 is 0 Å². The van der Waals surface area contributed by atoms with E-state index in [4.69, 9.17) is 12.2 Å². The highest BCUT2D eigenvalue weighted by Gasteiger charge is 2.13. The third kappa shape index (κ3) is 3.29. The molecular weight excluding hydrogens is 218 g/mol. The molecule has 0 saturated carbocycles. The van der Waals surface area contributed by atoms with Crippen molar-refractivity contribution in [1.29, 1.82) is 0 Å². The van der Waals surface area contributed by atoms with Gasteiger partial charge in [-0.1, -0.05) is 50.3 Å². The SMILES string of the molecule is CNC(=S)c1ccccc1CC(O)C(C)C. The highest BCUT2D eigenvalue weighted by Crippen LogP contribution is 2.15. The summed E-state index contributed by atoms with van der Waals surface area (Å²) in [5.74, 6) is 0.260. The molecule has 0 aliphatic heterocycles. The number of hydrogen-bond donors (Lipinski definition) is 2. The lowest BCUT2D eigenvalue weighted by Crippen LogP contribution is -2.22. The van der Waals surface area contributed by atoms with Crippen molar-refractivity contribution in [2.75, 3.05) is 7.05 Å². The summed E-state index contributed by atoms with van der Waals surface area (Å²) in [6, 6.07) is 7.94. The number of aliphatic hydroxyl groups is 1. The van der Waals surface area contributed by atoms with Crippen molar-refractivity contribution in [2.45, 2.75) is 26.4 Å². The molecule has 0 saturated heterocycles. The average Bonchev–Trinajstić information content (AvgIpc) is 2.28. The second-order valence-corrected chi connectivity index (χ2v) is 4.66. The molecule has 2 nitrogen and oxygen atoms in total. The number of hydrogen-bond acceptors (Lipinski definition) is 2. The van der Waals surface area contributed by atoms with Gasteiger partial charge in [0.2, 0.25) is 0 Å². The van der Waals surface area contributed by atoms with Crippen LogP contribution in [0.3, 0.4) is 0 Å². The molecule has 88 valence electrons. The second kappa shape index (κ2) is 5.97. The van der Waals surface area contributed by atoms with Crippen molar-refractivity contribution in [3.05, 3.63) is 35.4 Å². The Morgan fingerprint density at radius 1 is 1.38 bits per heavy atom. The fourth-order valence-electron chi connectivity index (χ4n) is 1.52. The Hall–Kier alpha value is -0.930. The van der Waals surface area contributed by atoms with Crippen LogP contribution in [0.25, 0.3) is 0 Å². The van der Waals surface area contributed by atoms with Gasteiger partial charge in [0.05, 0.1) is 6.10 Å². The van der Waals surface area contributed by atoms with Gasteiger partial charge in [-0.3, -0.25) is 0 Å². The minimum atomic E-state index is -0.319. The van der Waals surface area contributed by atoms with E-state index in [2.05, 4.69) is 5.32 Å². The van der Waals surface area contributed by atoms with E-state index in [1.807, 2.05) is 45.2 Å². The van der Waals surface area contributed by atoms with Crippen molar-refractivity contribution >= 4 is 17.2 Å². The summed E-state index contributed by atoms with van der Waals surface area (Å²) in [5, 5.41) is 12.9. The second-order valence-electron chi connectivity index (χ2n) is 4.25. The lowest BCUT2D eigenvalue weighted by Gasteiger charge is -2.17. The Balaban J connectivity index is 2.91. The Labute approximate surface area is 103 Å². The highest BCUT2D eigenvalue weighted by atomic mass is 32.1. The molecule has 2 N–H and O–H groups in total. The summed E-state index contributed by atoms with van der Waals surface area (Å²) in [5.41, 5.74) is 2.11. The van der Waals surface area contributed by atoms with Gasteiger partial charge < -0.3 is 10.4 Å². The van der Waals surface area contributed by atoms with Crippen LogP contribution in [0.1, 0.15) is 25.0 Å². The van der Waals surface area contributed by atoms with E-state index in [1.54, 1.807) is 0 Å². The molecule has 0 aliphatic carbocycles. The average molecular weight is 237 g/mol. The summed E-state index contributed by atoms with van der Waals surface area (Å²) in [6.07, 6.45) is 0.330. The predicted molar refractivity (Wildman–Crippen MR) is 71.8 cm³/mol. The van der Waals surface area contributed by atoms with Gasteiger partial charge in [0.15, 0.2) is 0 Å². The van der Waals surface area contributed by atoms with Crippen molar-refractivity contribution in [3.8, 4) is 0 Å². The molecule has 0 aliphatic rings. The maximum atomic E-state index is 9.90. The van der Waals surface area contributed by atoms with E-state index in [-0.39, 0.29) is 12.0 Å². The van der Waals surface area contributed by atoms with Crippen LogP contribution in [-0.4, -0.2) is 23.2 Å². The van der Waals surface area contributed by atoms with Crippen molar-refractivity contribution < 1.29 is 5.11 Å². The summed E-state index contributed by atoms with van der Waals surface area (Å²) >= 11 is 5.24. The van der Waals surface area contributed by atoms with Gasteiger partial charge in [-0.15, -0.1) is 0 Å². The summed E-state index contributed by atoms with van der Waals surface area (Å²) in [4.78, 5) is 0.728. The first-order valence-electron chi connectivity index (χ1n) is 5.54. The van der Waals surface area contributed by atoms with Gasteiger partial charge in [-0.2, -0.15) is 0 Å². The molecular formula is C13H19NOS. The Kier molecular flexibility index (Phi) is 4.90. The molecule has 1 aromatic carbocycles. The van der Waals surface area contributed by atoms with Crippen LogP contribution in [0.15, 0.2) is 24.3 Å². The van der Waals surface area contributed by atoms with Gasteiger partial charge in [0.25, 0.3) is 0 Å². The molecule has 0 fully saturated rings. The predicted octanol–water partition coefficient (Wildman–Crippen LogP) is 2.14. The van der Waals surface area contributed by atoms with E-state index < -0.39 is 0 Å². The summed E-state index contributed by atoms with van der Waals surface area (Å²) in [6.45, 7) is 4.04. The van der Waals surface area contributed by atoms with Gasteiger partial charge >= 0.3 is 0 Å². The Morgan fingerprint density at radius 2 is 2.00 bits per heavy atom. The van der Waals surface area contributed by atoms with Gasteiger partial charge in [-0.25, -0.2) is 0 Å². The van der Waals surface area contributed by atoms with Gasteiger partial charge in [0, 0.05) is 12.6 Å². The van der Waals surface area contributed by atoms with E-state index in [1.165, 1.54) is 0 Å². The van der Waals surface area contributed by atoms with Crippen LogP contribution in [0.5, 0.6) is 0 Å². The van der Waals surface area contributed by atoms with Crippen LogP contribution < -0.4 is 5.32 Å². The zero-order chi connectivity index (χ0) is 12.1. The van der Waals surface area contributed by atoms with Crippen molar-refractivity contribution in [2.24, 2.45) is 5.92 Å². The molecule has 0 amide bonds. The number of nitrogens with one attached hydrogen (secondary N) is 1. The molecule has 0 aromatic heterocycles. The molecule has 3 heteroatoms. The Bertz CT molecular complexity index is 363. The van der Waals surface area contributed by atoms with E-state index in [9.17, 15) is 5.11 Å². The van der Waals surface area contributed by atoms with E-state index in [0.717, 1.165) is 16.1 Å². The number of thiocarbonyl (C=S) groups is 1.